The average molecular weight is 320 g/mol. The molecule has 0 saturated carbocycles. The van der Waals surface area contributed by atoms with Crippen molar-refractivity contribution in [3.05, 3.63) is 30.3 Å². The molecule has 0 radical (unpaired) electrons. The van der Waals surface area contributed by atoms with Gasteiger partial charge in [-0.2, -0.15) is 5.10 Å². The fraction of sp³-hybridized carbons (Fsp3) is 0.222. The number of halogens is 2. The predicted octanol–water partition coefficient (Wildman–Crippen LogP) is 2.91. The molecule has 1 unspecified atom stereocenters. The van der Waals surface area contributed by atoms with Crippen LogP contribution in [0.25, 0.3) is 0 Å². The summed E-state index contributed by atoms with van der Waals surface area (Å²) in [7, 11) is 0. The summed E-state index contributed by atoms with van der Waals surface area (Å²) < 4.78 is 0.0764. The van der Waals surface area contributed by atoms with Gasteiger partial charge in [0.15, 0.2) is 0 Å². The zero-order chi connectivity index (χ0) is 9.97. The highest BCUT2D eigenvalue weighted by atomic mass is 79.9. The number of benzene rings is 1. The van der Waals surface area contributed by atoms with Gasteiger partial charge in [0.1, 0.15) is 9.84 Å². The number of anilines is 1. The number of para-hydroxylation sites is 1. The number of hydrazone groups is 1. The number of nitrogens with zero attached hydrogens (tertiary/aromatic N) is 2. The van der Waals surface area contributed by atoms with Crippen molar-refractivity contribution in [3.8, 4) is 0 Å². The smallest absolute Gasteiger partial charge is 0.147 e. The molecule has 0 N–H and O–H groups in total. The van der Waals surface area contributed by atoms with E-state index in [0.29, 0.717) is 0 Å². The molecular formula is C9H8Br2N2O. The van der Waals surface area contributed by atoms with E-state index < -0.39 is 0 Å². The maximum absolute atomic E-state index is 5.53. The van der Waals surface area contributed by atoms with Gasteiger partial charge in [-0.05, 0) is 12.1 Å². The van der Waals surface area contributed by atoms with Crippen LogP contribution in [0, 0.1) is 0 Å². The van der Waals surface area contributed by atoms with E-state index in [-0.39, 0.29) is 9.84 Å². The van der Waals surface area contributed by atoms with E-state index in [1.807, 2.05) is 30.3 Å². The normalized spacial score (nSPS) is 20.8. The third-order valence-corrected chi connectivity index (χ3v) is 2.81. The second-order valence-corrected chi connectivity index (χ2v) is 5.98. The summed E-state index contributed by atoms with van der Waals surface area (Å²) in [5.74, 6) is 0. The molecule has 1 heterocycles. The van der Waals surface area contributed by atoms with Crippen LogP contribution in [-0.2, 0) is 4.84 Å². The number of alkyl halides is 2. The van der Waals surface area contributed by atoms with Crippen LogP contribution in [0.4, 0.5) is 5.69 Å². The molecule has 1 aromatic carbocycles. The fourth-order valence-electron chi connectivity index (χ4n) is 1.09. The standard InChI is InChI=1S/C9H8Br2N2O/c10-9(11)8-6-12-13(14-8)7-4-2-1-3-5-7/h1-6,8-9H. The molecule has 3 nitrogen and oxygen atoms in total. The Labute approximate surface area is 98.9 Å². The summed E-state index contributed by atoms with van der Waals surface area (Å²) in [6.45, 7) is 0. The summed E-state index contributed by atoms with van der Waals surface area (Å²) in [5, 5.41) is 5.65. The predicted molar refractivity (Wildman–Crippen MR) is 63.9 cm³/mol. The van der Waals surface area contributed by atoms with E-state index >= 15 is 0 Å². The number of rotatable bonds is 2. The van der Waals surface area contributed by atoms with E-state index in [1.54, 1.807) is 6.21 Å². The molecular weight excluding hydrogens is 312 g/mol. The SMILES string of the molecule is BrC(Br)C1C=NN(c2ccccc2)O1. The van der Waals surface area contributed by atoms with E-state index in [0.717, 1.165) is 5.69 Å². The Morgan fingerprint density at radius 1 is 1.29 bits per heavy atom. The Kier molecular flexibility index (Phi) is 3.20. The number of hydrogen-bond donors (Lipinski definition) is 0. The van der Waals surface area contributed by atoms with Crippen molar-refractivity contribution >= 4 is 43.8 Å². The van der Waals surface area contributed by atoms with E-state index in [2.05, 4.69) is 37.0 Å². The summed E-state index contributed by atoms with van der Waals surface area (Å²) in [6.07, 6.45) is 1.68. The molecule has 0 spiro atoms. The molecule has 0 amide bonds. The average Bonchev–Trinajstić information content (AvgIpc) is 2.68. The number of hydrogen-bond acceptors (Lipinski definition) is 3. The molecule has 0 saturated heterocycles. The molecule has 1 aliphatic rings. The molecule has 5 heteroatoms. The van der Waals surface area contributed by atoms with E-state index in [4.69, 9.17) is 4.84 Å². The van der Waals surface area contributed by atoms with Crippen molar-refractivity contribution in [1.29, 1.82) is 0 Å². The van der Waals surface area contributed by atoms with E-state index in [1.165, 1.54) is 5.17 Å². The molecule has 1 aliphatic heterocycles. The molecule has 0 fully saturated rings. The van der Waals surface area contributed by atoms with E-state index in [9.17, 15) is 0 Å². The van der Waals surface area contributed by atoms with Gasteiger partial charge in [-0.15, -0.1) is 5.17 Å². The Balaban J connectivity index is 2.08. The zero-order valence-corrected chi connectivity index (χ0v) is 10.3. The second kappa shape index (κ2) is 4.42. The third-order valence-electron chi connectivity index (χ3n) is 1.77. The van der Waals surface area contributed by atoms with Gasteiger partial charge in [0.25, 0.3) is 0 Å². The summed E-state index contributed by atoms with van der Waals surface area (Å²) in [5.41, 5.74) is 0.923. The second-order valence-electron chi connectivity index (χ2n) is 2.78. The van der Waals surface area contributed by atoms with Crippen LogP contribution >= 0.6 is 31.9 Å². The Morgan fingerprint density at radius 2 is 2.00 bits per heavy atom. The maximum atomic E-state index is 5.53. The third kappa shape index (κ3) is 2.16. The van der Waals surface area contributed by atoms with Crippen LogP contribution in [0.3, 0.4) is 0 Å². The van der Waals surface area contributed by atoms with Gasteiger partial charge in [0.2, 0.25) is 0 Å². The van der Waals surface area contributed by atoms with Gasteiger partial charge in [-0.25, -0.2) is 4.84 Å². The van der Waals surface area contributed by atoms with Crippen molar-refractivity contribution in [2.75, 3.05) is 5.17 Å². The van der Waals surface area contributed by atoms with Gasteiger partial charge >= 0.3 is 0 Å². The van der Waals surface area contributed by atoms with Crippen LogP contribution in [-0.4, -0.2) is 16.1 Å². The van der Waals surface area contributed by atoms with Crippen LogP contribution in [0.15, 0.2) is 35.4 Å². The van der Waals surface area contributed by atoms with Crippen LogP contribution in [0.2, 0.25) is 0 Å². The molecule has 0 bridgehead atoms. The Bertz CT molecular complexity index is 329. The van der Waals surface area contributed by atoms with Crippen LogP contribution in [0.5, 0.6) is 0 Å². The van der Waals surface area contributed by atoms with Gasteiger partial charge in [-0.3, -0.25) is 0 Å². The lowest BCUT2D eigenvalue weighted by Crippen LogP contribution is -2.22. The largest absolute Gasteiger partial charge is 0.241 e. The first-order valence-electron chi connectivity index (χ1n) is 4.11. The van der Waals surface area contributed by atoms with Crippen molar-refractivity contribution in [3.63, 3.8) is 0 Å². The Morgan fingerprint density at radius 3 is 2.57 bits per heavy atom. The fourth-order valence-corrected chi connectivity index (χ4v) is 1.56. The highest BCUT2D eigenvalue weighted by Gasteiger charge is 2.24. The molecule has 0 aliphatic carbocycles. The quantitative estimate of drug-likeness (QED) is 0.783. The van der Waals surface area contributed by atoms with Crippen molar-refractivity contribution in [2.24, 2.45) is 5.10 Å². The van der Waals surface area contributed by atoms with Crippen molar-refractivity contribution in [1.82, 2.24) is 0 Å². The lowest BCUT2D eigenvalue weighted by molar-refractivity contribution is 0.109. The minimum atomic E-state index is -0.0739. The first kappa shape index (κ1) is 10.1. The summed E-state index contributed by atoms with van der Waals surface area (Å²) in [6, 6.07) is 9.73. The molecule has 2 rings (SSSR count). The monoisotopic (exact) mass is 318 g/mol. The summed E-state index contributed by atoms with van der Waals surface area (Å²) in [4.78, 5) is 5.53. The first-order chi connectivity index (χ1) is 6.77. The molecule has 14 heavy (non-hydrogen) atoms. The van der Waals surface area contributed by atoms with Gasteiger partial charge in [0, 0.05) is 0 Å². The lowest BCUT2D eigenvalue weighted by Gasteiger charge is -2.15. The molecule has 74 valence electrons. The maximum Gasteiger partial charge on any atom is 0.147 e. The van der Waals surface area contributed by atoms with Gasteiger partial charge in [-0.1, -0.05) is 50.1 Å². The summed E-state index contributed by atoms with van der Waals surface area (Å²) >= 11 is 6.75. The van der Waals surface area contributed by atoms with Crippen LogP contribution < -0.4 is 5.17 Å². The molecule has 1 atom stereocenters. The highest BCUT2D eigenvalue weighted by Crippen LogP contribution is 2.24. The first-order valence-corrected chi connectivity index (χ1v) is 5.95. The topological polar surface area (TPSA) is 24.8 Å². The minimum absolute atomic E-state index is 0.0739. The minimum Gasteiger partial charge on any atom is -0.241 e. The van der Waals surface area contributed by atoms with Crippen molar-refractivity contribution < 1.29 is 4.84 Å². The highest BCUT2D eigenvalue weighted by molar-refractivity contribution is 9.24. The molecule has 0 aromatic heterocycles. The van der Waals surface area contributed by atoms with Gasteiger partial charge < -0.3 is 0 Å². The molecule has 1 aromatic rings. The van der Waals surface area contributed by atoms with Crippen molar-refractivity contribution in [2.45, 2.75) is 9.84 Å². The van der Waals surface area contributed by atoms with Crippen LogP contribution in [0.1, 0.15) is 0 Å². The lowest BCUT2D eigenvalue weighted by atomic mass is 10.3. The van der Waals surface area contributed by atoms with Gasteiger partial charge in [0.05, 0.1) is 11.9 Å². The Hall–Kier alpha value is -0.390. The zero-order valence-electron chi connectivity index (χ0n) is 7.18.